The largest absolute Gasteiger partial charge is 0.490 e. The van der Waals surface area contributed by atoms with E-state index in [0.717, 1.165) is 5.56 Å². The van der Waals surface area contributed by atoms with E-state index >= 15 is 0 Å². The van der Waals surface area contributed by atoms with Crippen LogP contribution in [0.3, 0.4) is 0 Å². The lowest BCUT2D eigenvalue weighted by Gasteiger charge is -2.14. The molecule has 3 rings (SSSR count). The zero-order valence-electron chi connectivity index (χ0n) is 14.7. The van der Waals surface area contributed by atoms with Crippen LogP contribution < -0.4 is 15.2 Å². The Balaban J connectivity index is 1.87. The van der Waals surface area contributed by atoms with Crippen LogP contribution in [0.1, 0.15) is 31.3 Å². The molecule has 0 saturated heterocycles. The number of aromatic amines is 1. The molecule has 3 N–H and O–H groups in total. The van der Waals surface area contributed by atoms with Crippen LogP contribution in [0.2, 0.25) is 0 Å². The molecule has 0 bridgehead atoms. The second kappa shape index (κ2) is 7.97. The first-order chi connectivity index (χ1) is 12.6. The molecule has 136 valence electrons. The number of aromatic nitrogens is 3. The van der Waals surface area contributed by atoms with Crippen LogP contribution in [0.25, 0.3) is 11.4 Å². The fraction of sp³-hybridized carbons (Fsp3) is 0.263. The third-order valence-corrected chi connectivity index (χ3v) is 3.81. The Bertz CT molecular complexity index is 881. The van der Waals surface area contributed by atoms with Gasteiger partial charge in [0.05, 0.1) is 19.3 Å². The molecule has 2 aromatic carbocycles. The van der Waals surface area contributed by atoms with Gasteiger partial charge in [-0.2, -0.15) is 5.10 Å². The molecule has 0 unspecified atom stereocenters. The number of nitrogens with one attached hydrogen (secondary N) is 1. The van der Waals surface area contributed by atoms with Crippen LogP contribution in [-0.2, 0) is 0 Å². The van der Waals surface area contributed by atoms with Gasteiger partial charge in [0.25, 0.3) is 0 Å². The van der Waals surface area contributed by atoms with E-state index in [1.807, 2.05) is 32.0 Å². The lowest BCUT2D eigenvalue weighted by Crippen LogP contribution is -2.14. The topological polar surface area (TPSA) is 86.0 Å². The predicted octanol–water partition coefficient (Wildman–Crippen LogP) is 3.46. The number of hydrogen-bond acceptors (Lipinski definition) is 5. The van der Waals surface area contributed by atoms with Crippen molar-refractivity contribution in [1.82, 2.24) is 15.2 Å². The Morgan fingerprint density at radius 3 is 2.58 bits per heavy atom. The summed E-state index contributed by atoms with van der Waals surface area (Å²) in [6, 6.07) is 11.1. The molecular weight excluding hydrogens is 335 g/mol. The van der Waals surface area contributed by atoms with Crippen LogP contribution >= 0.6 is 0 Å². The van der Waals surface area contributed by atoms with Gasteiger partial charge in [-0.3, -0.25) is 5.10 Å². The molecule has 6 nitrogen and oxygen atoms in total. The van der Waals surface area contributed by atoms with Crippen LogP contribution in [0.5, 0.6) is 11.5 Å². The molecular formula is C19H21FN4O2. The summed E-state index contributed by atoms with van der Waals surface area (Å²) in [5, 5.41) is 6.97. The van der Waals surface area contributed by atoms with Crippen molar-refractivity contribution >= 4 is 0 Å². The summed E-state index contributed by atoms with van der Waals surface area (Å²) in [6.45, 7) is 4.89. The van der Waals surface area contributed by atoms with Crippen LogP contribution in [0, 0.1) is 5.82 Å². The van der Waals surface area contributed by atoms with E-state index in [2.05, 4.69) is 15.2 Å². The fourth-order valence-electron chi connectivity index (χ4n) is 2.59. The molecule has 3 aromatic rings. The number of hydrogen-bond donors (Lipinski definition) is 2. The minimum absolute atomic E-state index is 0.342. The highest BCUT2D eigenvalue weighted by Gasteiger charge is 2.17. The number of rotatable bonds is 7. The fourth-order valence-corrected chi connectivity index (χ4v) is 2.59. The van der Waals surface area contributed by atoms with Crippen LogP contribution in [0.15, 0.2) is 42.5 Å². The molecule has 0 spiro atoms. The molecule has 0 saturated carbocycles. The first kappa shape index (κ1) is 17.9. The van der Waals surface area contributed by atoms with Gasteiger partial charge in [0.1, 0.15) is 11.6 Å². The number of benzene rings is 2. The predicted molar refractivity (Wildman–Crippen MR) is 96.6 cm³/mol. The number of nitrogens with two attached hydrogens (primary N) is 1. The van der Waals surface area contributed by atoms with Crippen molar-refractivity contribution in [2.45, 2.75) is 19.9 Å². The van der Waals surface area contributed by atoms with E-state index in [-0.39, 0.29) is 5.82 Å². The average Bonchev–Trinajstić information content (AvgIpc) is 3.13. The van der Waals surface area contributed by atoms with Gasteiger partial charge < -0.3 is 15.2 Å². The number of H-pyrrole nitrogens is 1. The summed E-state index contributed by atoms with van der Waals surface area (Å²) in [6.07, 6.45) is 0. The van der Waals surface area contributed by atoms with E-state index in [9.17, 15) is 4.39 Å². The molecule has 0 amide bonds. The highest BCUT2D eigenvalue weighted by atomic mass is 19.1. The van der Waals surface area contributed by atoms with Gasteiger partial charge in [0, 0.05) is 5.56 Å². The lowest BCUT2D eigenvalue weighted by molar-refractivity contribution is 0.287. The molecule has 7 heteroatoms. The third-order valence-electron chi connectivity index (χ3n) is 3.81. The smallest absolute Gasteiger partial charge is 0.181 e. The number of ether oxygens (including phenoxy) is 2. The molecule has 0 fully saturated rings. The molecule has 1 atom stereocenters. The van der Waals surface area contributed by atoms with E-state index in [0.29, 0.717) is 41.9 Å². The van der Waals surface area contributed by atoms with E-state index < -0.39 is 6.04 Å². The lowest BCUT2D eigenvalue weighted by atomic mass is 10.1. The van der Waals surface area contributed by atoms with Gasteiger partial charge in [-0.05, 0) is 43.7 Å². The SMILES string of the molecule is CCOc1ccc([C@@H](N)c2nc(-c3cccc(F)c3)n[nH]2)cc1OCC. The zero-order chi connectivity index (χ0) is 18.5. The molecule has 1 aromatic heterocycles. The van der Waals surface area contributed by atoms with Crippen molar-refractivity contribution in [2.24, 2.45) is 5.73 Å². The first-order valence-electron chi connectivity index (χ1n) is 8.45. The van der Waals surface area contributed by atoms with Gasteiger partial charge in [-0.1, -0.05) is 18.2 Å². The minimum atomic E-state index is -0.528. The quantitative estimate of drug-likeness (QED) is 0.677. The van der Waals surface area contributed by atoms with Crippen molar-refractivity contribution in [1.29, 1.82) is 0 Å². The molecule has 0 radical (unpaired) electrons. The molecule has 0 aliphatic rings. The van der Waals surface area contributed by atoms with E-state index in [1.54, 1.807) is 12.1 Å². The summed E-state index contributed by atoms with van der Waals surface area (Å²) in [5.74, 6) is 1.84. The molecule has 1 heterocycles. The summed E-state index contributed by atoms with van der Waals surface area (Å²) in [5.41, 5.74) is 7.71. The van der Waals surface area contributed by atoms with Gasteiger partial charge in [0.2, 0.25) is 0 Å². The van der Waals surface area contributed by atoms with Crippen molar-refractivity contribution in [3.8, 4) is 22.9 Å². The summed E-state index contributed by atoms with van der Waals surface area (Å²) in [7, 11) is 0. The Labute approximate surface area is 151 Å². The Hall–Kier alpha value is -2.93. The van der Waals surface area contributed by atoms with Crippen molar-refractivity contribution in [3.05, 3.63) is 59.7 Å². The van der Waals surface area contributed by atoms with Crippen LogP contribution in [0.4, 0.5) is 4.39 Å². The second-order valence-corrected chi connectivity index (χ2v) is 5.60. The Morgan fingerprint density at radius 1 is 1.08 bits per heavy atom. The van der Waals surface area contributed by atoms with E-state index in [1.165, 1.54) is 12.1 Å². The normalized spacial score (nSPS) is 12.0. The molecule has 0 aliphatic heterocycles. The monoisotopic (exact) mass is 356 g/mol. The number of halogens is 1. The Kier molecular flexibility index (Phi) is 5.48. The maximum Gasteiger partial charge on any atom is 0.181 e. The first-order valence-corrected chi connectivity index (χ1v) is 8.45. The maximum absolute atomic E-state index is 13.4. The maximum atomic E-state index is 13.4. The van der Waals surface area contributed by atoms with Gasteiger partial charge in [-0.25, -0.2) is 9.37 Å². The standard InChI is InChI=1S/C19H21FN4O2/c1-3-25-15-9-8-12(11-16(15)26-4-2)17(21)19-22-18(23-24-19)13-6-5-7-14(20)10-13/h5-11,17H,3-4,21H2,1-2H3,(H,22,23,24)/t17-/m1/s1. The van der Waals surface area contributed by atoms with Gasteiger partial charge >= 0.3 is 0 Å². The highest BCUT2D eigenvalue weighted by molar-refractivity contribution is 5.54. The highest BCUT2D eigenvalue weighted by Crippen LogP contribution is 2.31. The summed E-state index contributed by atoms with van der Waals surface area (Å²) < 4.78 is 24.6. The minimum Gasteiger partial charge on any atom is -0.490 e. The summed E-state index contributed by atoms with van der Waals surface area (Å²) in [4.78, 5) is 4.40. The average molecular weight is 356 g/mol. The zero-order valence-corrected chi connectivity index (χ0v) is 14.7. The van der Waals surface area contributed by atoms with Crippen molar-refractivity contribution in [2.75, 3.05) is 13.2 Å². The molecule has 26 heavy (non-hydrogen) atoms. The summed E-state index contributed by atoms with van der Waals surface area (Å²) >= 11 is 0. The van der Waals surface area contributed by atoms with Gasteiger partial charge in [-0.15, -0.1) is 0 Å². The number of nitrogens with zero attached hydrogens (tertiary/aromatic N) is 2. The van der Waals surface area contributed by atoms with Crippen molar-refractivity contribution < 1.29 is 13.9 Å². The van der Waals surface area contributed by atoms with Gasteiger partial charge in [0.15, 0.2) is 17.3 Å². The van der Waals surface area contributed by atoms with Crippen molar-refractivity contribution in [3.63, 3.8) is 0 Å². The molecule has 0 aliphatic carbocycles. The van der Waals surface area contributed by atoms with E-state index in [4.69, 9.17) is 15.2 Å². The second-order valence-electron chi connectivity index (χ2n) is 5.60. The Morgan fingerprint density at radius 2 is 1.85 bits per heavy atom. The van der Waals surface area contributed by atoms with Crippen LogP contribution in [-0.4, -0.2) is 28.4 Å². The third kappa shape index (κ3) is 3.83.